The van der Waals surface area contributed by atoms with E-state index in [9.17, 15) is 37.5 Å². The summed E-state index contributed by atoms with van der Waals surface area (Å²) >= 11 is 14.4. The summed E-state index contributed by atoms with van der Waals surface area (Å²) in [7, 11) is 3.07. The molecule has 2 heterocycles. The molecule has 0 spiro atoms. The van der Waals surface area contributed by atoms with Crippen LogP contribution in [0.15, 0.2) is 72.3 Å². The zero-order chi connectivity index (χ0) is 43.9. The summed E-state index contributed by atoms with van der Waals surface area (Å²) in [5, 5.41) is 11.6. The van der Waals surface area contributed by atoms with Gasteiger partial charge in [0.25, 0.3) is 11.8 Å². The van der Waals surface area contributed by atoms with E-state index >= 15 is 8.78 Å². The number of para-hydroxylation sites is 1. The molecule has 4 aromatic rings. The van der Waals surface area contributed by atoms with Gasteiger partial charge in [0.1, 0.15) is 17.2 Å². The van der Waals surface area contributed by atoms with Crippen LogP contribution in [0.25, 0.3) is 12.2 Å². The summed E-state index contributed by atoms with van der Waals surface area (Å²) in [6.07, 6.45) is 4.34. The van der Waals surface area contributed by atoms with Gasteiger partial charge in [0.05, 0.1) is 38.3 Å². The molecule has 1 saturated carbocycles. The fourth-order valence-electron chi connectivity index (χ4n) is 9.10. The van der Waals surface area contributed by atoms with Crippen LogP contribution in [0.2, 0.25) is 0 Å². The second-order valence-electron chi connectivity index (χ2n) is 14.9. The molecule has 3 fully saturated rings. The quantitative estimate of drug-likeness (QED) is 0.0338. The summed E-state index contributed by atoms with van der Waals surface area (Å²) in [5.41, 5.74) is -0.251. The van der Waals surface area contributed by atoms with Crippen molar-refractivity contribution in [2.45, 2.75) is 35.4 Å². The number of amides is 4. The maximum Gasteiger partial charge on any atom is 0.258 e. The third-order valence-electron chi connectivity index (χ3n) is 11.9. The van der Waals surface area contributed by atoms with Crippen molar-refractivity contribution in [3.63, 3.8) is 0 Å². The Morgan fingerprint density at radius 1 is 0.787 bits per heavy atom. The van der Waals surface area contributed by atoms with Gasteiger partial charge in [-0.3, -0.25) is 24.1 Å². The monoisotopic (exact) mass is 882 g/mol. The zero-order valence-electron chi connectivity index (χ0n) is 32.3. The van der Waals surface area contributed by atoms with E-state index in [4.69, 9.17) is 37.4 Å². The number of hydrogen-bond donors (Lipinski definition) is 1. The Bertz CT molecular complexity index is 2600. The summed E-state index contributed by atoms with van der Waals surface area (Å²) in [4.78, 5) is 53.0. The van der Waals surface area contributed by atoms with Gasteiger partial charge in [-0.25, -0.2) is 26.9 Å². The molecule has 6 atom stereocenters. The van der Waals surface area contributed by atoms with Gasteiger partial charge in [-0.2, -0.15) is 0 Å². The van der Waals surface area contributed by atoms with E-state index in [-0.39, 0.29) is 40.5 Å². The Balaban J connectivity index is 1.21. The van der Waals surface area contributed by atoms with E-state index < -0.39 is 104 Å². The molecule has 0 aromatic heterocycles. The lowest BCUT2D eigenvalue weighted by Gasteiger charge is -2.50. The highest BCUT2D eigenvalue weighted by molar-refractivity contribution is 6.58. The number of alkyl halides is 2. The smallest absolute Gasteiger partial charge is 0.258 e. The lowest BCUT2D eigenvalue weighted by atomic mass is 9.56. The number of allylic oxidation sites excluding steroid dienone is 2. The van der Waals surface area contributed by atoms with Gasteiger partial charge in [0, 0.05) is 17.0 Å². The minimum atomic E-state index is -2.81. The van der Waals surface area contributed by atoms with Crippen LogP contribution in [0, 0.1) is 46.8 Å². The van der Waals surface area contributed by atoms with Gasteiger partial charge < -0.3 is 19.3 Å². The standard InChI is InChI=1S/C44H33Cl2F5N2O8/c1-4-61-29-7-5-6-26(38(29)54)31-24-15-16-25-30(27(24)19-43(45)41(57)53(42(58)44(31,43)46)37-35(50)33(48)32(47)34(49)36(37)51)40(56)52(39(25)55)22-12-9-20(10-13-22)8-11-21-18-23(59-2)14-17-28(21)60-3/h5-15,17-18,25,27,30-31,54H,4,16,19H2,1-3H3/t25-,27+,30-,31+,43+,44-/m0/s1. The molecule has 0 bridgehead atoms. The molecule has 4 aliphatic rings. The predicted octanol–water partition coefficient (Wildman–Crippen LogP) is 8.44. The van der Waals surface area contributed by atoms with Crippen molar-refractivity contribution >= 4 is 70.4 Å². The van der Waals surface area contributed by atoms with Crippen molar-refractivity contribution in [3.05, 3.63) is 118 Å². The molecule has 8 rings (SSSR count). The van der Waals surface area contributed by atoms with Crippen LogP contribution in [-0.4, -0.2) is 59.3 Å². The second-order valence-corrected chi connectivity index (χ2v) is 16.1. The minimum Gasteiger partial charge on any atom is -0.504 e. The van der Waals surface area contributed by atoms with Crippen LogP contribution in [0.1, 0.15) is 42.4 Å². The number of halogens is 7. The number of anilines is 2. The van der Waals surface area contributed by atoms with E-state index in [0.29, 0.717) is 17.1 Å². The number of aromatic hydroxyl groups is 1. The molecular formula is C44H33Cl2F5N2O8. The molecule has 10 nitrogen and oxygen atoms in total. The first-order chi connectivity index (χ1) is 29.0. The van der Waals surface area contributed by atoms with Gasteiger partial charge in [0.2, 0.25) is 17.6 Å². The molecule has 0 radical (unpaired) electrons. The average molecular weight is 884 g/mol. The molecule has 4 amide bonds. The molecule has 316 valence electrons. The number of benzene rings is 4. The van der Waals surface area contributed by atoms with Crippen molar-refractivity contribution in [2.24, 2.45) is 17.8 Å². The normalized spacial score (nSPS) is 25.8. The van der Waals surface area contributed by atoms with E-state index in [2.05, 4.69) is 0 Å². The van der Waals surface area contributed by atoms with Crippen molar-refractivity contribution in [1.29, 1.82) is 0 Å². The predicted molar refractivity (Wildman–Crippen MR) is 213 cm³/mol. The van der Waals surface area contributed by atoms with Crippen molar-refractivity contribution in [2.75, 3.05) is 30.6 Å². The zero-order valence-corrected chi connectivity index (χ0v) is 33.8. The third-order valence-corrected chi connectivity index (χ3v) is 13.3. The maximum absolute atomic E-state index is 15.4. The summed E-state index contributed by atoms with van der Waals surface area (Å²) < 4.78 is 90.5. The van der Waals surface area contributed by atoms with Crippen molar-refractivity contribution in [3.8, 4) is 23.0 Å². The number of phenolic OH excluding ortho intramolecular Hbond substituents is 1. The summed E-state index contributed by atoms with van der Waals surface area (Å²) in [6, 6.07) is 15.9. The lowest BCUT2D eigenvalue weighted by Crippen LogP contribution is -2.60. The highest BCUT2D eigenvalue weighted by Gasteiger charge is 2.77. The second kappa shape index (κ2) is 15.2. The number of fused-ring (bicyclic) bond motifs is 4. The average Bonchev–Trinajstić information content (AvgIpc) is 3.60. The Labute approximate surface area is 354 Å². The fraction of sp³-hybridized carbons (Fsp3) is 0.273. The van der Waals surface area contributed by atoms with E-state index in [1.165, 1.54) is 38.5 Å². The lowest BCUT2D eigenvalue weighted by molar-refractivity contribution is -0.125. The molecule has 1 N–H and O–H groups in total. The first kappa shape index (κ1) is 41.8. The first-order valence-corrected chi connectivity index (χ1v) is 19.6. The number of imide groups is 2. The number of hydrogen-bond acceptors (Lipinski definition) is 8. The van der Waals surface area contributed by atoms with Gasteiger partial charge >= 0.3 is 0 Å². The highest BCUT2D eigenvalue weighted by atomic mass is 35.5. The molecule has 2 aliphatic heterocycles. The van der Waals surface area contributed by atoms with E-state index in [1.54, 1.807) is 61.5 Å². The largest absolute Gasteiger partial charge is 0.504 e. The Morgan fingerprint density at radius 2 is 1.46 bits per heavy atom. The van der Waals surface area contributed by atoms with Crippen molar-refractivity contribution < 1.29 is 60.4 Å². The van der Waals surface area contributed by atoms with Crippen LogP contribution >= 0.6 is 23.2 Å². The third kappa shape index (κ3) is 6.02. The molecule has 4 aromatic carbocycles. The van der Waals surface area contributed by atoms with Gasteiger partial charge in [0.15, 0.2) is 44.5 Å². The SMILES string of the molecule is CCOc1cccc([C@H]2C3=CC[C@@H]4C(=O)N(c5ccc(C=Cc6cc(OC)ccc6OC)cc5)C(=O)[C@@H]4[C@@H]3C[C@@]3(Cl)C(=O)N(c4c(F)c(F)c(F)c(F)c4F)C(=O)[C@@]23Cl)c1O. The Hall–Kier alpha value is -5.93. The molecule has 61 heavy (non-hydrogen) atoms. The van der Waals surface area contributed by atoms with Gasteiger partial charge in [-0.15, -0.1) is 23.2 Å². The first-order valence-electron chi connectivity index (χ1n) is 18.9. The van der Waals surface area contributed by atoms with Gasteiger partial charge in [-0.05, 0) is 67.6 Å². The Morgan fingerprint density at radius 3 is 2.10 bits per heavy atom. The minimum absolute atomic E-state index is 0.0639. The molecule has 2 saturated heterocycles. The number of methoxy groups -OCH3 is 2. The van der Waals surface area contributed by atoms with Crippen LogP contribution < -0.4 is 24.0 Å². The van der Waals surface area contributed by atoms with Crippen molar-refractivity contribution in [1.82, 2.24) is 0 Å². The Kier molecular flexibility index (Phi) is 10.4. The number of nitrogens with zero attached hydrogens (tertiary/aromatic N) is 2. The highest BCUT2D eigenvalue weighted by Crippen LogP contribution is 2.67. The summed E-state index contributed by atoms with van der Waals surface area (Å²) in [5.74, 6) is -21.6. The molecule has 17 heteroatoms. The van der Waals surface area contributed by atoms with E-state index in [1.807, 2.05) is 0 Å². The van der Waals surface area contributed by atoms with Crippen LogP contribution in [0.5, 0.6) is 23.0 Å². The van der Waals surface area contributed by atoms with Crippen LogP contribution in [-0.2, 0) is 19.2 Å². The van der Waals surface area contributed by atoms with Crippen LogP contribution in [0.3, 0.4) is 0 Å². The number of ether oxygens (including phenoxy) is 3. The number of carbonyl (C=O) groups excluding carboxylic acids is 4. The van der Waals surface area contributed by atoms with Gasteiger partial charge in [-0.1, -0.05) is 48.1 Å². The summed E-state index contributed by atoms with van der Waals surface area (Å²) in [6.45, 7) is 1.69. The van der Waals surface area contributed by atoms with Crippen LogP contribution in [0.4, 0.5) is 33.3 Å². The topological polar surface area (TPSA) is 123 Å². The number of phenols is 1. The number of rotatable bonds is 9. The number of carbonyl (C=O) groups is 4. The molecule has 2 aliphatic carbocycles. The molecule has 0 unspecified atom stereocenters. The maximum atomic E-state index is 15.4. The van der Waals surface area contributed by atoms with E-state index in [0.717, 1.165) is 10.5 Å². The fourth-order valence-corrected chi connectivity index (χ4v) is 10.0. The molecular weight excluding hydrogens is 850 g/mol.